The summed E-state index contributed by atoms with van der Waals surface area (Å²) in [4.78, 5) is 26.6. The highest BCUT2D eigenvalue weighted by Crippen LogP contribution is 2.36. The van der Waals surface area contributed by atoms with E-state index in [1.165, 1.54) is 0 Å². The van der Waals surface area contributed by atoms with Gasteiger partial charge in [-0.05, 0) is 86.0 Å². The SMILES string of the molecule is C[C@H]1CN([C@@H]2CC[C@](C)(C(=O)NCc3cc(F)cc(C(F)(F)F)c3)OC2)CC[C@@H]1c1cccc(C(=O)O)c1. The molecule has 2 saturated heterocycles. The lowest BCUT2D eigenvalue weighted by Crippen LogP contribution is -2.55. The van der Waals surface area contributed by atoms with E-state index in [-0.39, 0.29) is 29.6 Å². The Morgan fingerprint density at radius 2 is 1.95 bits per heavy atom. The van der Waals surface area contributed by atoms with E-state index in [1.807, 2.05) is 6.07 Å². The van der Waals surface area contributed by atoms with Gasteiger partial charge in [0.05, 0.1) is 17.7 Å². The van der Waals surface area contributed by atoms with Crippen LogP contribution in [0.1, 0.15) is 66.1 Å². The molecule has 4 rings (SSSR count). The number of piperidine rings is 1. The van der Waals surface area contributed by atoms with Gasteiger partial charge in [0.1, 0.15) is 11.4 Å². The van der Waals surface area contributed by atoms with Gasteiger partial charge < -0.3 is 15.2 Å². The fraction of sp³-hybridized carbons (Fsp3) is 0.500. The zero-order valence-corrected chi connectivity index (χ0v) is 21.4. The van der Waals surface area contributed by atoms with Crippen molar-refractivity contribution in [3.8, 4) is 0 Å². The number of carbonyl (C=O) groups is 2. The van der Waals surface area contributed by atoms with Crippen LogP contribution in [-0.2, 0) is 22.3 Å². The number of carbonyl (C=O) groups excluding carboxylic acids is 1. The molecular weight excluding hydrogens is 504 g/mol. The van der Waals surface area contributed by atoms with Crippen molar-refractivity contribution < 1.29 is 37.0 Å². The Bertz CT molecular complexity index is 1180. The Balaban J connectivity index is 1.30. The lowest BCUT2D eigenvalue weighted by molar-refractivity contribution is -0.157. The van der Waals surface area contributed by atoms with Crippen LogP contribution in [0, 0.1) is 11.7 Å². The Hall–Kier alpha value is -2.98. The normalized spacial score (nSPS) is 26.6. The van der Waals surface area contributed by atoms with Gasteiger partial charge in [0.25, 0.3) is 5.91 Å². The average molecular weight is 537 g/mol. The Morgan fingerprint density at radius 1 is 1.18 bits per heavy atom. The van der Waals surface area contributed by atoms with Crippen LogP contribution >= 0.6 is 0 Å². The summed E-state index contributed by atoms with van der Waals surface area (Å²) < 4.78 is 58.6. The van der Waals surface area contributed by atoms with Crippen LogP contribution in [-0.4, -0.2) is 53.2 Å². The molecule has 38 heavy (non-hydrogen) atoms. The summed E-state index contributed by atoms with van der Waals surface area (Å²) in [5.41, 5.74) is -0.890. The minimum Gasteiger partial charge on any atom is -0.478 e. The summed E-state index contributed by atoms with van der Waals surface area (Å²) in [7, 11) is 0. The van der Waals surface area contributed by atoms with Gasteiger partial charge in [-0.2, -0.15) is 13.2 Å². The van der Waals surface area contributed by atoms with Gasteiger partial charge >= 0.3 is 12.1 Å². The third kappa shape index (κ3) is 6.35. The second-order valence-electron chi connectivity index (χ2n) is 10.6. The number of aromatic carboxylic acids is 1. The van der Waals surface area contributed by atoms with Crippen molar-refractivity contribution in [2.24, 2.45) is 5.92 Å². The van der Waals surface area contributed by atoms with Crippen LogP contribution in [0.3, 0.4) is 0 Å². The molecule has 2 aliphatic rings. The first kappa shape index (κ1) is 28.0. The molecule has 0 aromatic heterocycles. The van der Waals surface area contributed by atoms with E-state index >= 15 is 0 Å². The molecule has 4 atom stereocenters. The van der Waals surface area contributed by atoms with Crippen molar-refractivity contribution in [2.75, 3.05) is 19.7 Å². The minimum absolute atomic E-state index is 0.0220. The zero-order valence-electron chi connectivity index (χ0n) is 21.4. The maximum absolute atomic E-state index is 13.7. The fourth-order valence-corrected chi connectivity index (χ4v) is 5.54. The smallest absolute Gasteiger partial charge is 0.416 e. The molecule has 0 spiro atoms. The summed E-state index contributed by atoms with van der Waals surface area (Å²) in [5, 5.41) is 11.9. The predicted octanol–water partition coefficient (Wildman–Crippen LogP) is 5.22. The van der Waals surface area contributed by atoms with Crippen LogP contribution in [0.15, 0.2) is 42.5 Å². The number of ether oxygens (including phenoxy) is 1. The van der Waals surface area contributed by atoms with Gasteiger partial charge in [-0.15, -0.1) is 0 Å². The fourth-order valence-electron chi connectivity index (χ4n) is 5.54. The molecule has 0 aliphatic carbocycles. The van der Waals surface area contributed by atoms with E-state index in [2.05, 4.69) is 17.1 Å². The van der Waals surface area contributed by atoms with Crippen LogP contribution < -0.4 is 5.32 Å². The van der Waals surface area contributed by atoms with Crippen molar-refractivity contribution >= 4 is 11.9 Å². The highest BCUT2D eigenvalue weighted by Gasteiger charge is 2.41. The summed E-state index contributed by atoms with van der Waals surface area (Å²) in [6.45, 7) is 5.56. The molecule has 10 heteroatoms. The van der Waals surface area contributed by atoms with Crippen LogP contribution in [0.2, 0.25) is 0 Å². The zero-order chi connectivity index (χ0) is 27.7. The highest BCUT2D eigenvalue weighted by molar-refractivity contribution is 5.87. The van der Waals surface area contributed by atoms with E-state index in [4.69, 9.17) is 4.74 Å². The molecule has 6 nitrogen and oxygen atoms in total. The van der Waals surface area contributed by atoms with Gasteiger partial charge in [0.2, 0.25) is 0 Å². The molecule has 2 N–H and O–H groups in total. The van der Waals surface area contributed by atoms with Gasteiger partial charge in [-0.3, -0.25) is 9.69 Å². The van der Waals surface area contributed by atoms with Gasteiger partial charge in [0, 0.05) is 19.1 Å². The molecule has 0 radical (unpaired) electrons. The third-order valence-electron chi connectivity index (χ3n) is 7.78. The maximum Gasteiger partial charge on any atom is 0.416 e. The molecule has 206 valence electrons. The summed E-state index contributed by atoms with van der Waals surface area (Å²) in [6, 6.07) is 9.45. The molecule has 0 bridgehead atoms. The van der Waals surface area contributed by atoms with E-state index < -0.39 is 35.0 Å². The molecule has 2 aliphatic heterocycles. The van der Waals surface area contributed by atoms with Gasteiger partial charge in [-0.25, -0.2) is 9.18 Å². The summed E-state index contributed by atoms with van der Waals surface area (Å²) in [6.07, 6.45) is -2.64. The van der Waals surface area contributed by atoms with Crippen molar-refractivity contribution in [2.45, 2.75) is 63.4 Å². The number of amides is 1. The largest absolute Gasteiger partial charge is 0.478 e. The number of benzene rings is 2. The molecule has 0 unspecified atom stereocenters. The lowest BCUT2D eigenvalue weighted by Gasteiger charge is -2.45. The molecule has 1 amide bonds. The number of likely N-dealkylation sites (tertiary alicyclic amines) is 1. The summed E-state index contributed by atoms with van der Waals surface area (Å²) >= 11 is 0. The Kier molecular flexibility index (Phi) is 8.13. The lowest BCUT2D eigenvalue weighted by atomic mass is 9.80. The second kappa shape index (κ2) is 11.0. The first-order valence-corrected chi connectivity index (χ1v) is 12.7. The van der Waals surface area contributed by atoms with E-state index in [9.17, 15) is 32.3 Å². The first-order valence-electron chi connectivity index (χ1n) is 12.7. The van der Waals surface area contributed by atoms with E-state index in [0.29, 0.717) is 31.4 Å². The minimum atomic E-state index is -4.68. The predicted molar refractivity (Wildman–Crippen MR) is 132 cm³/mol. The third-order valence-corrected chi connectivity index (χ3v) is 7.78. The van der Waals surface area contributed by atoms with Crippen LogP contribution in [0.5, 0.6) is 0 Å². The van der Waals surface area contributed by atoms with Crippen molar-refractivity contribution in [1.29, 1.82) is 0 Å². The Morgan fingerprint density at radius 3 is 2.58 bits per heavy atom. The monoisotopic (exact) mass is 536 g/mol. The van der Waals surface area contributed by atoms with Crippen molar-refractivity contribution in [1.82, 2.24) is 10.2 Å². The number of nitrogens with zero attached hydrogens (tertiary/aromatic N) is 1. The molecule has 2 aromatic rings. The topological polar surface area (TPSA) is 78.9 Å². The number of alkyl halides is 3. The second-order valence-corrected chi connectivity index (χ2v) is 10.6. The number of carboxylic acids is 1. The van der Waals surface area contributed by atoms with Crippen LogP contribution in [0.25, 0.3) is 0 Å². The quantitative estimate of drug-likeness (QED) is 0.495. The van der Waals surface area contributed by atoms with E-state index in [1.54, 1.807) is 25.1 Å². The number of carboxylic acid groups (broad SMARTS) is 1. The maximum atomic E-state index is 13.7. The Labute approximate surface area is 219 Å². The molecule has 2 fully saturated rings. The molecule has 2 aromatic carbocycles. The molecular formula is C28H32F4N2O4. The molecule has 2 heterocycles. The number of rotatable bonds is 6. The highest BCUT2D eigenvalue weighted by atomic mass is 19.4. The number of nitrogens with one attached hydrogen (secondary N) is 1. The average Bonchev–Trinajstić information content (AvgIpc) is 2.87. The number of halogens is 4. The summed E-state index contributed by atoms with van der Waals surface area (Å²) in [5.74, 6) is -1.84. The first-order chi connectivity index (χ1) is 17.9. The van der Waals surface area contributed by atoms with Gasteiger partial charge in [-0.1, -0.05) is 19.1 Å². The molecule has 0 saturated carbocycles. The number of hydrogen-bond donors (Lipinski definition) is 2. The van der Waals surface area contributed by atoms with Crippen LogP contribution in [0.4, 0.5) is 17.6 Å². The standard InChI is InChI=1S/C28H32F4N2O4/c1-17-15-34(9-7-24(17)19-4-3-5-20(12-19)25(35)36)23-6-8-27(2,38-16-23)26(37)33-14-18-10-21(28(30,31)32)13-22(29)11-18/h3-5,10-13,17,23-24H,6-9,14-16H2,1-2H3,(H,33,37)(H,35,36)/t17-,23+,24-,27+/m0/s1. The number of hydrogen-bond acceptors (Lipinski definition) is 4. The van der Waals surface area contributed by atoms with E-state index in [0.717, 1.165) is 37.2 Å². The van der Waals surface area contributed by atoms with Crippen molar-refractivity contribution in [3.05, 3.63) is 70.5 Å². The van der Waals surface area contributed by atoms with Crippen molar-refractivity contribution in [3.63, 3.8) is 0 Å². The van der Waals surface area contributed by atoms with Gasteiger partial charge in [0.15, 0.2) is 0 Å².